The third kappa shape index (κ3) is 6.76. The van der Waals surface area contributed by atoms with Crippen LogP contribution in [0.4, 0.5) is 0 Å². The Morgan fingerprint density at radius 1 is 0.344 bits per heavy atom. The first-order valence-corrected chi connectivity index (χ1v) is 19.2. The molecule has 0 aliphatic heterocycles. The van der Waals surface area contributed by atoms with E-state index in [1.807, 2.05) is 78.9 Å². The van der Waals surface area contributed by atoms with Gasteiger partial charge < -0.3 is 4.57 Å². The summed E-state index contributed by atoms with van der Waals surface area (Å²) in [5, 5.41) is -0.577. The molecule has 0 fully saturated rings. The fourth-order valence-corrected chi connectivity index (χ4v) is 7.51. The average Bonchev–Trinajstić information content (AvgIpc) is 3.90. The highest BCUT2D eigenvalue weighted by molar-refractivity contribution is 6.11. The van der Waals surface area contributed by atoms with Crippen LogP contribution in [-0.4, -0.2) is 19.5 Å². The lowest BCUT2D eigenvalue weighted by atomic mass is 9.90. The van der Waals surface area contributed by atoms with Crippen molar-refractivity contribution in [3.63, 3.8) is 0 Å². The Morgan fingerprint density at radius 3 is 1.52 bits per heavy atom. The molecule has 11 rings (SSSR count). The molecule has 0 unspecified atom stereocenters. The van der Waals surface area contributed by atoms with Gasteiger partial charge in [-0.3, -0.25) is 0 Å². The minimum atomic E-state index is -0.760. The summed E-state index contributed by atoms with van der Waals surface area (Å²) in [6.45, 7) is 0. The van der Waals surface area contributed by atoms with Gasteiger partial charge in [-0.2, -0.15) is 0 Å². The van der Waals surface area contributed by atoms with Crippen LogP contribution in [0.15, 0.2) is 230 Å². The summed E-state index contributed by atoms with van der Waals surface area (Å²) in [5.41, 5.74) is 2.77. The third-order valence-electron chi connectivity index (χ3n) is 10.3. The summed E-state index contributed by atoms with van der Waals surface area (Å²) in [6, 6.07) is 27.1. The van der Waals surface area contributed by atoms with Gasteiger partial charge in [-0.05, 0) is 86.9 Å². The van der Waals surface area contributed by atoms with Crippen LogP contribution in [-0.2, 0) is 0 Å². The Morgan fingerprint density at radius 2 is 0.869 bits per heavy atom. The van der Waals surface area contributed by atoms with Gasteiger partial charge in [0.25, 0.3) is 0 Å². The second kappa shape index (κ2) is 15.5. The second-order valence-corrected chi connectivity index (χ2v) is 13.9. The molecular weight excluding hydrogens is 741 g/mol. The molecule has 0 saturated carbocycles. The van der Waals surface area contributed by atoms with Crippen molar-refractivity contribution in [1.82, 2.24) is 19.5 Å². The number of hydrogen-bond acceptors (Lipinski definition) is 3. The molecule has 0 N–H and O–H groups in total. The number of benzene rings is 9. The van der Waals surface area contributed by atoms with E-state index in [-0.39, 0.29) is 56.1 Å². The number of hydrogen-bond donors (Lipinski definition) is 0. The molecule has 11 aromatic rings. The number of fused-ring (bicyclic) bond motifs is 3. The van der Waals surface area contributed by atoms with Crippen molar-refractivity contribution < 1.29 is 23.3 Å². The molecule has 2 heterocycles. The minimum Gasteiger partial charge on any atom is -0.308 e. The summed E-state index contributed by atoms with van der Waals surface area (Å²) in [5.74, 6) is -0.491. The first-order valence-electron chi connectivity index (χ1n) is 27.7. The van der Waals surface area contributed by atoms with Gasteiger partial charge in [0.15, 0.2) is 17.5 Å². The number of nitrogens with zero attached hydrogens (tertiary/aromatic N) is 4. The Labute approximate surface area is 378 Å². The molecule has 9 aromatic carbocycles. The van der Waals surface area contributed by atoms with Gasteiger partial charge >= 0.3 is 0 Å². The maximum atomic E-state index is 9.88. The van der Waals surface area contributed by atoms with Crippen molar-refractivity contribution in [2.75, 3.05) is 0 Å². The third-order valence-corrected chi connectivity index (χ3v) is 10.3. The zero-order valence-corrected chi connectivity index (χ0v) is 31.9. The SMILES string of the molecule is [2H]c1c([2H])c([2H])c(-c2nc(-c3ccccc3)nc(-c3c(-c4cc(-c5ccccc5)cc(-c5ccccc5)c4)cccc3-n3c4c([2H])c([2H])c([2H])c([2H])c4c4c([2H])c(-c5c([2H])c([2H])c([2H])c([2H])c5[2H])c([2H])c([2H])c43)n2)c([2H])c1[2H]. The molecule has 0 saturated heterocycles. The standard InChI is InChI=1S/C57H38N4/c1-6-19-39(20-7-1)44-33-34-52-50(38-44)49-29-16-17-31-51(49)61(52)53-32-18-30-48(47-36-45(40-21-8-2-9-22-40)35-46(37-47)41-23-10-3-11-24-41)54(53)57-59-55(42-25-12-4-13-26-42)58-56(60-57)43-27-14-5-15-28-43/h1-38H/i1D,4D,6D,7D,12D,13D,16D,17D,19D,20D,25D,26D,29D,31D,33D,34D,38D. The second-order valence-electron chi connectivity index (χ2n) is 13.9. The summed E-state index contributed by atoms with van der Waals surface area (Å²) in [4.78, 5) is 14.8. The maximum Gasteiger partial charge on any atom is 0.166 e. The molecule has 0 amide bonds. The molecule has 0 spiro atoms. The first-order chi connectivity index (χ1) is 37.3. The fourth-order valence-electron chi connectivity index (χ4n) is 7.51. The minimum absolute atomic E-state index is 0.00152. The van der Waals surface area contributed by atoms with Crippen molar-refractivity contribution >= 4 is 21.8 Å². The van der Waals surface area contributed by atoms with Gasteiger partial charge in [-0.15, -0.1) is 0 Å². The first kappa shape index (κ1) is 22.2. The summed E-state index contributed by atoms with van der Waals surface area (Å²) in [7, 11) is 0. The van der Waals surface area contributed by atoms with Crippen LogP contribution in [0.5, 0.6) is 0 Å². The van der Waals surface area contributed by atoms with Crippen LogP contribution in [0.25, 0.3) is 106 Å². The van der Waals surface area contributed by atoms with Crippen molar-refractivity contribution in [3.8, 4) is 84.4 Å². The van der Waals surface area contributed by atoms with Crippen LogP contribution in [0.1, 0.15) is 23.3 Å². The van der Waals surface area contributed by atoms with E-state index in [9.17, 15) is 6.85 Å². The molecule has 0 aliphatic rings. The average molecular weight is 796 g/mol. The van der Waals surface area contributed by atoms with E-state index >= 15 is 0 Å². The topological polar surface area (TPSA) is 43.6 Å². The molecule has 4 heteroatoms. The molecule has 61 heavy (non-hydrogen) atoms. The van der Waals surface area contributed by atoms with E-state index < -0.39 is 114 Å². The highest BCUT2D eigenvalue weighted by atomic mass is 15.1. The van der Waals surface area contributed by atoms with Gasteiger partial charge in [0.2, 0.25) is 0 Å². The lowest BCUT2D eigenvalue weighted by molar-refractivity contribution is 1.06. The highest BCUT2D eigenvalue weighted by Gasteiger charge is 2.23. The van der Waals surface area contributed by atoms with Crippen molar-refractivity contribution in [1.29, 1.82) is 0 Å². The Kier molecular flexibility index (Phi) is 5.66. The van der Waals surface area contributed by atoms with E-state index in [0.29, 0.717) is 16.7 Å². The zero-order chi connectivity index (χ0) is 55.3. The van der Waals surface area contributed by atoms with Crippen LogP contribution >= 0.6 is 0 Å². The molecule has 4 nitrogen and oxygen atoms in total. The van der Waals surface area contributed by atoms with E-state index in [1.54, 1.807) is 48.5 Å². The molecular formula is C57H38N4. The summed E-state index contributed by atoms with van der Waals surface area (Å²) >= 11 is 0. The van der Waals surface area contributed by atoms with E-state index in [1.165, 1.54) is 4.57 Å². The lowest BCUT2D eigenvalue weighted by Gasteiger charge is -2.19. The zero-order valence-electron chi connectivity index (χ0n) is 48.9. The molecule has 0 bridgehead atoms. The van der Waals surface area contributed by atoms with Gasteiger partial charge in [-0.1, -0.05) is 188 Å². The summed E-state index contributed by atoms with van der Waals surface area (Å²) < 4.78 is 154. The van der Waals surface area contributed by atoms with Gasteiger partial charge in [0.05, 0.1) is 45.6 Å². The van der Waals surface area contributed by atoms with Crippen LogP contribution in [0.3, 0.4) is 0 Å². The number of rotatable bonds is 8. The van der Waals surface area contributed by atoms with Gasteiger partial charge in [-0.25, -0.2) is 15.0 Å². The Balaban J connectivity index is 1.36. The smallest absolute Gasteiger partial charge is 0.166 e. The number of aromatic nitrogens is 4. The molecule has 2 aromatic heterocycles. The largest absolute Gasteiger partial charge is 0.308 e. The predicted octanol–water partition coefficient (Wildman–Crippen LogP) is 14.6. The van der Waals surface area contributed by atoms with Crippen LogP contribution in [0, 0.1) is 0 Å². The van der Waals surface area contributed by atoms with E-state index in [2.05, 4.69) is 0 Å². The molecule has 286 valence electrons. The summed E-state index contributed by atoms with van der Waals surface area (Å²) in [6.07, 6.45) is 0. The van der Waals surface area contributed by atoms with Gasteiger partial charge in [0.1, 0.15) is 0 Å². The van der Waals surface area contributed by atoms with Crippen molar-refractivity contribution in [2.45, 2.75) is 0 Å². The lowest BCUT2D eigenvalue weighted by Crippen LogP contribution is -2.05. The van der Waals surface area contributed by atoms with Crippen LogP contribution in [0.2, 0.25) is 0 Å². The predicted molar refractivity (Wildman–Crippen MR) is 252 cm³/mol. The monoisotopic (exact) mass is 795 g/mol. The van der Waals surface area contributed by atoms with Crippen LogP contribution < -0.4 is 0 Å². The normalized spacial score (nSPS) is 15.2. The Hall–Kier alpha value is -8.21. The number of para-hydroxylation sites is 1. The maximum absolute atomic E-state index is 9.88. The highest BCUT2D eigenvalue weighted by Crippen LogP contribution is 2.43. The van der Waals surface area contributed by atoms with E-state index in [4.69, 9.17) is 31.4 Å². The van der Waals surface area contributed by atoms with Crippen molar-refractivity contribution in [3.05, 3.63) is 230 Å². The quantitative estimate of drug-likeness (QED) is 0.154. The fraction of sp³-hybridized carbons (Fsp3) is 0. The Bertz CT molecular complexity index is 4230. The van der Waals surface area contributed by atoms with Crippen molar-refractivity contribution in [2.24, 2.45) is 0 Å². The van der Waals surface area contributed by atoms with E-state index in [0.717, 1.165) is 22.3 Å². The molecule has 0 aliphatic carbocycles. The molecule has 0 atom stereocenters. The molecule has 0 radical (unpaired) electrons. The van der Waals surface area contributed by atoms with Gasteiger partial charge in [0, 0.05) is 21.9 Å².